The second-order valence-electron chi connectivity index (χ2n) is 5.52. The quantitative estimate of drug-likeness (QED) is 0.942. The van der Waals surface area contributed by atoms with Gasteiger partial charge in [-0.1, -0.05) is 23.7 Å². The van der Waals surface area contributed by atoms with Crippen molar-refractivity contribution in [2.24, 2.45) is 0 Å². The number of nitrogens with one attached hydrogen (secondary N) is 1. The van der Waals surface area contributed by atoms with E-state index in [0.717, 1.165) is 36.8 Å². The summed E-state index contributed by atoms with van der Waals surface area (Å²) in [5, 5.41) is 4.09. The zero-order valence-corrected chi connectivity index (χ0v) is 12.9. The van der Waals surface area contributed by atoms with Gasteiger partial charge in [-0.05, 0) is 45.1 Å². The fourth-order valence-electron chi connectivity index (χ4n) is 2.75. The molecule has 0 unspecified atom stereocenters. The lowest BCUT2D eigenvalue weighted by molar-refractivity contribution is 0.177. The molecule has 4 nitrogen and oxygen atoms in total. The van der Waals surface area contributed by atoms with Crippen LogP contribution in [-0.4, -0.2) is 36.1 Å². The molecule has 1 aliphatic rings. The molecular formula is C16H20ClN3O. The van der Waals surface area contributed by atoms with E-state index in [4.69, 9.17) is 16.0 Å². The Bertz CT molecular complexity index is 593. The van der Waals surface area contributed by atoms with Gasteiger partial charge in [0.2, 0.25) is 5.89 Å². The predicted molar refractivity (Wildman–Crippen MR) is 84.3 cm³/mol. The largest absolute Gasteiger partial charge is 0.439 e. The minimum atomic E-state index is 0.604. The fraction of sp³-hybridized carbons (Fsp3) is 0.438. The lowest BCUT2D eigenvalue weighted by Gasteiger charge is -2.30. The highest BCUT2D eigenvalue weighted by atomic mass is 35.5. The average Bonchev–Trinajstić information content (AvgIpc) is 2.97. The number of aromatic nitrogens is 1. The van der Waals surface area contributed by atoms with Crippen LogP contribution >= 0.6 is 11.6 Å². The molecule has 0 atom stereocenters. The van der Waals surface area contributed by atoms with Crippen molar-refractivity contribution in [3.05, 3.63) is 41.4 Å². The van der Waals surface area contributed by atoms with Crippen LogP contribution in [0.15, 0.2) is 34.9 Å². The van der Waals surface area contributed by atoms with Crippen molar-refractivity contribution in [3.63, 3.8) is 0 Å². The van der Waals surface area contributed by atoms with E-state index in [9.17, 15) is 0 Å². The summed E-state index contributed by atoms with van der Waals surface area (Å²) in [6.07, 6.45) is 4.13. The number of piperidine rings is 1. The minimum absolute atomic E-state index is 0.604. The van der Waals surface area contributed by atoms with Crippen molar-refractivity contribution in [3.8, 4) is 11.3 Å². The minimum Gasteiger partial charge on any atom is -0.439 e. The van der Waals surface area contributed by atoms with E-state index >= 15 is 0 Å². The van der Waals surface area contributed by atoms with Crippen LogP contribution in [-0.2, 0) is 6.54 Å². The Kier molecular flexibility index (Phi) is 4.58. The van der Waals surface area contributed by atoms with Crippen LogP contribution in [0.2, 0.25) is 5.02 Å². The second kappa shape index (κ2) is 6.60. The number of rotatable bonds is 4. The SMILES string of the molecule is CN(Cc1ncc(-c2cccc(Cl)c2)o1)C1CCNCC1. The molecule has 0 spiro atoms. The molecule has 1 fully saturated rings. The molecule has 1 aromatic carbocycles. The molecule has 0 aliphatic carbocycles. The molecule has 0 bridgehead atoms. The Morgan fingerprint density at radius 2 is 2.19 bits per heavy atom. The lowest BCUT2D eigenvalue weighted by atomic mass is 10.1. The van der Waals surface area contributed by atoms with E-state index in [1.807, 2.05) is 24.3 Å². The van der Waals surface area contributed by atoms with Crippen LogP contribution in [0, 0.1) is 0 Å². The third-order valence-electron chi connectivity index (χ3n) is 3.98. The van der Waals surface area contributed by atoms with Crippen molar-refractivity contribution in [2.45, 2.75) is 25.4 Å². The Balaban J connectivity index is 1.67. The summed E-state index contributed by atoms with van der Waals surface area (Å²) >= 11 is 6.01. The third kappa shape index (κ3) is 3.64. The molecule has 1 saturated heterocycles. The summed E-state index contributed by atoms with van der Waals surface area (Å²) in [7, 11) is 2.14. The molecule has 21 heavy (non-hydrogen) atoms. The first-order valence-corrected chi connectivity index (χ1v) is 7.72. The highest BCUT2D eigenvalue weighted by Crippen LogP contribution is 2.24. The topological polar surface area (TPSA) is 41.3 Å². The summed E-state index contributed by atoms with van der Waals surface area (Å²) in [4.78, 5) is 6.72. The van der Waals surface area contributed by atoms with E-state index < -0.39 is 0 Å². The first-order valence-electron chi connectivity index (χ1n) is 7.34. The average molecular weight is 306 g/mol. The number of nitrogens with zero attached hydrogens (tertiary/aromatic N) is 2. The van der Waals surface area contributed by atoms with Crippen LogP contribution < -0.4 is 5.32 Å². The van der Waals surface area contributed by atoms with Gasteiger partial charge in [0.1, 0.15) is 0 Å². The van der Waals surface area contributed by atoms with Gasteiger partial charge in [-0.2, -0.15) is 0 Å². The van der Waals surface area contributed by atoms with Crippen molar-refractivity contribution in [2.75, 3.05) is 20.1 Å². The van der Waals surface area contributed by atoms with Crippen LogP contribution in [0.25, 0.3) is 11.3 Å². The molecule has 2 heterocycles. The Hall–Kier alpha value is -1.36. The van der Waals surface area contributed by atoms with E-state index in [-0.39, 0.29) is 0 Å². The van der Waals surface area contributed by atoms with Gasteiger partial charge in [-0.3, -0.25) is 4.90 Å². The number of halogens is 1. The van der Waals surface area contributed by atoms with Crippen LogP contribution in [0.3, 0.4) is 0 Å². The van der Waals surface area contributed by atoms with Crippen molar-refractivity contribution >= 4 is 11.6 Å². The highest BCUT2D eigenvalue weighted by Gasteiger charge is 2.19. The monoisotopic (exact) mass is 305 g/mol. The summed E-state index contributed by atoms with van der Waals surface area (Å²) in [5.74, 6) is 1.53. The van der Waals surface area contributed by atoms with Gasteiger partial charge in [0.25, 0.3) is 0 Å². The van der Waals surface area contributed by atoms with Crippen LogP contribution in [0.5, 0.6) is 0 Å². The molecule has 0 saturated carbocycles. The zero-order chi connectivity index (χ0) is 14.7. The first kappa shape index (κ1) is 14.6. The van der Waals surface area contributed by atoms with E-state index in [1.54, 1.807) is 6.20 Å². The first-order chi connectivity index (χ1) is 10.2. The molecule has 2 aromatic rings. The summed E-state index contributed by atoms with van der Waals surface area (Å²) in [5.41, 5.74) is 0.964. The van der Waals surface area contributed by atoms with Gasteiger partial charge >= 0.3 is 0 Å². The van der Waals surface area contributed by atoms with E-state index in [2.05, 4.69) is 22.2 Å². The Morgan fingerprint density at radius 1 is 1.38 bits per heavy atom. The van der Waals surface area contributed by atoms with Crippen LogP contribution in [0.4, 0.5) is 0 Å². The molecule has 1 aromatic heterocycles. The van der Waals surface area contributed by atoms with Gasteiger partial charge in [0.05, 0.1) is 12.7 Å². The highest BCUT2D eigenvalue weighted by molar-refractivity contribution is 6.30. The van der Waals surface area contributed by atoms with Crippen molar-refractivity contribution in [1.82, 2.24) is 15.2 Å². The predicted octanol–water partition coefficient (Wildman–Crippen LogP) is 3.18. The smallest absolute Gasteiger partial charge is 0.209 e. The number of oxazole rings is 1. The number of hydrogen-bond donors (Lipinski definition) is 1. The van der Waals surface area contributed by atoms with Crippen LogP contribution in [0.1, 0.15) is 18.7 Å². The van der Waals surface area contributed by atoms with E-state index in [0.29, 0.717) is 11.1 Å². The molecule has 1 N–H and O–H groups in total. The number of hydrogen-bond acceptors (Lipinski definition) is 4. The molecular weight excluding hydrogens is 286 g/mol. The van der Waals surface area contributed by atoms with E-state index in [1.165, 1.54) is 12.8 Å². The standard InChI is InChI=1S/C16H20ClN3O/c1-20(14-5-7-18-8-6-14)11-16-19-10-15(21-16)12-3-2-4-13(17)9-12/h2-4,9-10,14,18H,5-8,11H2,1H3. The van der Waals surface area contributed by atoms with Gasteiger partial charge < -0.3 is 9.73 Å². The normalized spacial score (nSPS) is 16.5. The van der Waals surface area contributed by atoms with Crippen molar-refractivity contribution < 1.29 is 4.42 Å². The maximum Gasteiger partial charge on any atom is 0.209 e. The van der Waals surface area contributed by atoms with Gasteiger partial charge in [-0.15, -0.1) is 0 Å². The summed E-state index contributed by atoms with van der Waals surface area (Å²) in [6.45, 7) is 2.92. The molecule has 1 aliphatic heterocycles. The van der Waals surface area contributed by atoms with Gasteiger partial charge in [-0.25, -0.2) is 4.98 Å². The zero-order valence-electron chi connectivity index (χ0n) is 12.2. The maximum absolute atomic E-state index is 6.01. The summed E-state index contributed by atoms with van der Waals surface area (Å²) in [6, 6.07) is 8.25. The van der Waals surface area contributed by atoms with Gasteiger partial charge in [0, 0.05) is 16.6 Å². The molecule has 112 valence electrons. The number of benzene rings is 1. The molecule has 3 rings (SSSR count). The third-order valence-corrected chi connectivity index (χ3v) is 4.21. The lowest BCUT2D eigenvalue weighted by Crippen LogP contribution is -2.40. The molecule has 0 amide bonds. The molecule has 0 radical (unpaired) electrons. The molecule has 5 heteroatoms. The van der Waals surface area contributed by atoms with Crippen molar-refractivity contribution in [1.29, 1.82) is 0 Å². The summed E-state index contributed by atoms with van der Waals surface area (Å²) < 4.78 is 5.86. The maximum atomic E-state index is 6.01. The second-order valence-corrected chi connectivity index (χ2v) is 5.96. The van der Waals surface area contributed by atoms with Gasteiger partial charge in [0.15, 0.2) is 5.76 Å². The Morgan fingerprint density at radius 3 is 2.95 bits per heavy atom. The Labute approximate surface area is 130 Å². The fourth-order valence-corrected chi connectivity index (χ4v) is 2.94.